The molecule has 4 aromatic rings. The number of hydrogen-bond donors (Lipinski definition) is 4. The van der Waals surface area contributed by atoms with Gasteiger partial charge in [0, 0.05) is 33.1 Å². The van der Waals surface area contributed by atoms with Crippen LogP contribution in [0.5, 0.6) is 5.88 Å². The van der Waals surface area contributed by atoms with E-state index in [0.29, 0.717) is 5.39 Å². The zero-order valence-electron chi connectivity index (χ0n) is 23.3. The monoisotopic (exact) mass is 575 g/mol. The number of amides is 3. The summed E-state index contributed by atoms with van der Waals surface area (Å²) in [5.74, 6) is -1.75. The van der Waals surface area contributed by atoms with Crippen molar-refractivity contribution in [2.24, 2.45) is 9.98 Å². The fourth-order valence-electron chi connectivity index (χ4n) is 3.78. The highest BCUT2D eigenvalue weighted by Crippen LogP contribution is 2.39. The van der Waals surface area contributed by atoms with Crippen molar-refractivity contribution in [2.75, 3.05) is 30.2 Å². The first-order chi connectivity index (χ1) is 20.0. The third-order valence-corrected chi connectivity index (χ3v) is 5.16. The van der Waals surface area contributed by atoms with Crippen molar-refractivity contribution >= 4 is 98.3 Å². The van der Waals surface area contributed by atoms with Crippen LogP contribution in [0.1, 0.15) is 27.7 Å². The Morgan fingerprint density at radius 1 is 0.714 bits per heavy atom. The molecule has 17 heteroatoms. The van der Waals surface area contributed by atoms with E-state index < -0.39 is 17.7 Å². The summed E-state index contributed by atoms with van der Waals surface area (Å²) in [6.07, 6.45) is 2.23. The van der Waals surface area contributed by atoms with Crippen molar-refractivity contribution in [3.8, 4) is 5.88 Å². The normalized spacial score (nSPS) is 11.3. The van der Waals surface area contributed by atoms with Gasteiger partial charge in [-0.25, -0.2) is 24.9 Å². The lowest BCUT2D eigenvalue weighted by molar-refractivity contribution is -0.115. The molecule has 0 spiro atoms. The number of benzene rings is 1. The molecule has 0 aliphatic heterocycles. The van der Waals surface area contributed by atoms with Gasteiger partial charge in [-0.1, -0.05) is 0 Å². The number of pyridine rings is 1. The summed E-state index contributed by atoms with van der Waals surface area (Å²) in [6, 6.07) is 1.55. The molecule has 0 unspecified atom stereocenters. The van der Waals surface area contributed by atoms with Gasteiger partial charge < -0.3 is 30.2 Å². The highest BCUT2D eigenvalue weighted by Gasteiger charge is 2.23. The second-order valence-electron chi connectivity index (χ2n) is 8.57. The predicted molar refractivity (Wildman–Crippen MR) is 155 cm³/mol. The number of nitrogens with zero attached hydrogens (tertiary/aromatic N) is 7. The van der Waals surface area contributed by atoms with Crippen molar-refractivity contribution < 1.29 is 28.6 Å². The summed E-state index contributed by atoms with van der Waals surface area (Å²) in [5, 5.41) is 15.9. The third-order valence-electron chi connectivity index (χ3n) is 5.16. The van der Waals surface area contributed by atoms with Crippen LogP contribution in [0.4, 0.5) is 29.0 Å². The molecule has 3 heterocycles. The van der Waals surface area contributed by atoms with Gasteiger partial charge in [0.1, 0.15) is 27.6 Å². The Morgan fingerprint density at radius 2 is 1.19 bits per heavy atom. The molecule has 0 aliphatic carbocycles. The second-order valence-corrected chi connectivity index (χ2v) is 8.57. The molecular formula is C25H25N11O6. The molecule has 3 aromatic heterocycles. The van der Waals surface area contributed by atoms with E-state index in [2.05, 4.69) is 50.9 Å². The predicted octanol–water partition coefficient (Wildman–Crippen LogP) is 2.98. The summed E-state index contributed by atoms with van der Waals surface area (Å²) >= 11 is 0. The minimum atomic E-state index is -0.468. The van der Waals surface area contributed by atoms with Crippen molar-refractivity contribution in [1.29, 1.82) is 5.41 Å². The van der Waals surface area contributed by atoms with Crippen LogP contribution < -0.4 is 20.7 Å². The maximum atomic E-state index is 12.0. The van der Waals surface area contributed by atoms with Crippen molar-refractivity contribution in [3.63, 3.8) is 0 Å². The molecule has 42 heavy (non-hydrogen) atoms. The zero-order valence-corrected chi connectivity index (χ0v) is 23.3. The first-order valence-electron chi connectivity index (χ1n) is 12.1. The van der Waals surface area contributed by atoms with E-state index in [1.165, 1.54) is 41.9 Å². The molecule has 0 radical (unpaired) electrons. The molecule has 17 nitrogen and oxygen atoms in total. The number of aromatic nitrogens is 5. The van der Waals surface area contributed by atoms with E-state index in [-0.39, 0.29) is 68.3 Å². The average molecular weight is 576 g/mol. The lowest BCUT2D eigenvalue weighted by atomic mass is 10.1. The Labute approximate surface area is 237 Å². The molecule has 0 saturated carbocycles. The second kappa shape index (κ2) is 12.1. The van der Waals surface area contributed by atoms with Crippen LogP contribution in [-0.4, -0.2) is 75.6 Å². The fraction of sp³-hybridized carbons (Fsp3) is 0.240. The van der Waals surface area contributed by atoms with Crippen LogP contribution in [0, 0.1) is 5.41 Å². The number of carbonyl (C=O) groups excluding carboxylic acids is 3. The molecule has 0 aliphatic rings. The molecule has 0 atom stereocenters. The van der Waals surface area contributed by atoms with Gasteiger partial charge in [-0.15, -0.1) is 0 Å². The Morgan fingerprint density at radius 3 is 1.74 bits per heavy atom. The van der Waals surface area contributed by atoms with Crippen LogP contribution in [-0.2, 0) is 23.9 Å². The van der Waals surface area contributed by atoms with Crippen LogP contribution in [0.25, 0.3) is 33.0 Å². The van der Waals surface area contributed by atoms with Crippen LogP contribution in [0.3, 0.4) is 0 Å². The van der Waals surface area contributed by atoms with Gasteiger partial charge in [0.15, 0.2) is 36.2 Å². The number of aliphatic imine (C=N–C) groups is 2. The quantitative estimate of drug-likeness (QED) is 0.136. The summed E-state index contributed by atoms with van der Waals surface area (Å²) in [5.41, 5.74) is 1.00. The minimum absolute atomic E-state index is 0.0432. The summed E-state index contributed by atoms with van der Waals surface area (Å²) in [6.45, 7) is 5.27. The number of methoxy groups -OCH3 is 2. The van der Waals surface area contributed by atoms with E-state index in [9.17, 15) is 14.4 Å². The molecule has 1 aromatic carbocycles. The molecule has 0 fully saturated rings. The van der Waals surface area contributed by atoms with Gasteiger partial charge >= 0.3 is 0 Å². The van der Waals surface area contributed by atoms with E-state index in [1.54, 1.807) is 6.07 Å². The van der Waals surface area contributed by atoms with Gasteiger partial charge in [-0.2, -0.15) is 9.98 Å². The third kappa shape index (κ3) is 6.14. The zero-order chi connectivity index (χ0) is 30.6. The topological polar surface area (TPSA) is 228 Å². The first kappa shape index (κ1) is 29.1. The standard InChI is InChI=1S/C25H25N11O6/c1-10(26)42-25-24(28-9-41-6)35-20-18-16(33-22(30-12(3)38)23(34-18)31-13(4)39)14-7-15(29-11(2)37)21(27-8-40-5)32-17(14)19(20)36-25/h7-9,26H,1-6H3,(H,29,37)(H,30,33,38)(H,31,34,39)/b26-10?,27-8+,28-9?. The average Bonchev–Trinajstić information content (AvgIpc) is 2.90. The van der Waals surface area contributed by atoms with Crippen LogP contribution in [0.2, 0.25) is 0 Å². The van der Waals surface area contributed by atoms with Crippen molar-refractivity contribution in [1.82, 2.24) is 24.9 Å². The number of carbonyl (C=O) groups is 3. The highest BCUT2D eigenvalue weighted by atomic mass is 16.5. The minimum Gasteiger partial charge on any atom is -0.486 e. The largest absolute Gasteiger partial charge is 0.486 e. The van der Waals surface area contributed by atoms with E-state index in [0.717, 1.165) is 12.8 Å². The van der Waals surface area contributed by atoms with E-state index in [1.807, 2.05) is 0 Å². The van der Waals surface area contributed by atoms with Crippen molar-refractivity contribution in [2.45, 2.75) is 27.7 Å². The number of rotatable bonds is 8. The van der Waals surface area contributed by atoms with Gasteiger partial charge in [-0.3, -0.25) is 19.8 Å². The van der Waals surface area contributed by atoms with Crippen LogP contribution in [0.15, 0.2) is 16.1 Å². The lowest BCUT2D eigenvalue weighted by Crippen LogP contribution is -2.15. The molecule has 4 N–H and O–H groups in total. The SMILES string of the molecule is COC=Nc1nc2c3nc(NC(C)=O)c(NC(C)=O)nc3c3cc(NC(C)=O)c(/N=C/OC)nc3c2nc1OC(C)=N. The number of hydrogen-bond acceptors (Lipinski definition) is 14. The molecule has 216 valence electrons. The highest BCUT2D eigenvalue weighted by molar-refractivity contribution is 6.21. The Hall–Kier alpha value is -5.87. The molecule has 0 bridgehead atoms. The number of anilines is 3. The van der Waals surface area contributed by atoms with Gasteiger partial charge in [-0.05, 0) is 6.07 Å². The number of nitrogens with one attached hydrogen (secondary N) is 4. The van der Waals surface area contributed by atoms with E-state index >= 15 is 0 Å². The maximum Gasteiger partial charge on any atom is 0.267 e. The molecular weight excluding hydrogens is 550 g/mol. The maximum absolute atomic E-state index is 12.0. The summed E-state index contributed by atoms with van der Waals surface area (Å²) in [7, 11) is 2.78. The smallest absolute Gasteiger partial charge is 0.267 e. The van der Waals surface area contributed by atoms with Crippen molar-refractivity contribution in [3.05, 3.63) is 6.07 Å². The Bertz CT molecular complexity index is 1790. The van der Waals surface area contributed by atoms with Gasteiger partial charge in [0.2, 0.25) is 23.5 Å². The summed E-state index contributed by atoms with van der Waals surface area (Å²) in [4.78, 5) is 67.3. The Balaban J connectivity index is 2.27. The Kier molecular flexibility index (Phi) is 8.40. The summed E-state index contributed by atoms with van der Waals surface area (Å²) < 4.78 is 15.4. The molecule has 4 rings (SSSR count). The van der Waals surface area contributed by atoms with Gasteiger partial charge in [0.05, 0.1) is 19.9 Å². The van der Waals surface area contributed by atoms with Gasteiger partial charge in [0.25, 0.3) is 5.88 Å². The van der Waals surface area contributed by atoms with Crippen LogP contribution >= 0.6 is 0 Å². The molecule has 0 saturated heterocycles. The molecule has 3 amide bonds. The fourth-order valence-corrected chi connectivity index (χ4v) is 3.78. The number of fused-ring (bicyclic) bond motifs is 6. The lowest BCUT2D eigenvalue weighted by Gasteiger charge is -2.15. The first-order valence-corrected chi connectivity index (χ1v) is 12.1. The number of ether oxygens (including phenoxy) is 3. The van der Waals surface area contributed by atoms with E-state index in [4.69, 9.17) is 19.6 Å².